The number of methoxy groups -OCH3 is 3. The fraction of sp³-hybridized carbons (Fsp3) is 0.200. The van der Waals surface area contributed by atoms with E-state index < -0.39 is 17.4 Å². The highest BCUT2D eigenvalue weighted by molar-refractivity contribution is 5.93. The number of amides is 1. The molecule has 0 aliphatic carbocycles. The van der Waals surface area contributed by atoms with Crippen LogP contribution in [0.25, 0.3) is 10.8 Å². The summed E-state index contributed by atoms with van der Waals surface area (Å²) in [4.78, 5) is 36.7. The number of fused-ring (bicyclic) bond motifs is 1. The minimum absolute atomic E-state index is 0.275. The van der Waals surface area contributed by atoms with Gasteiger partial charge >= 0.3 is 5.97 Å². The van der Waals surface area contributed by atoms with Gasteiger partial charge in [-0.25, -0.2) is 9.48 Å². The van der Waals surface area contributed by atoms with Crippen LogP contribution in [0.2, 0.25) is 0 Å². The largest absolute Gasteiger partial charge is 0.493 e. The van der Waals surface area contributed by atoms with E-state index in [0.717, 1.165) is 4.68 Å². The Morgan fingerprint density at radius 3 is 2.38 bits per heavy atom. The van der Waals surface area contributed by atoms with Crippen molar-refractivity contribution in [2.75, 3.05) is 26.6 Å². The monoisotopic (exact) mass is 397 g/mol. The highest BCUT2D eigenvalue weighted by Gasteiger charge is 2.16. The first kappa shape index (κ1) is 19.9. The highest BCUT2D eigenvalue weighted by Crippen LogP contribution is 2.32. The summed E-state index contributed by atoms with van der Waals surface area (Å²) in [6.07, 6.45) is 1.48. The van der Waals surface area contributed by atoms with Crippen LogP contribution in [0.1, 0.15) is 10.4 Å². The van der Waals surface area contributed by atoms with Gasteiger partial charge in [0.05, 0.1) is 38.5 Å². The first-order valence-corrected chi connectivity index (χ1v) is 8.57. The standard InChI is InChI=1S/C20H19N3O6/c1-27-15-9-6-13-10-21-23(19(25)17(13)18(15)28-2)11-16(24)22-14-7-4-12(5-8-14)20(26)29-3/h4-10H,11H2,1-3H3,(H,22,24). The lowest BCUT2D eigenvalue weighted by atomic mass is 10.1. The van der Waals surface area contributed by atoms with Crippen molar-refractivity contribution in [3.8, 4) is 11.5 Å². The van der Waals surface area contributed by atoms with Crippen molar-refractivity contribution < 1.29 is 23.8 Å². The normalized spacial score (nSPS) is 10.4. The summed E-state index contributed by atoms with van der Waals surface area (Å²) >= 11 is 0. The number of aromatic nitrogens is 2. The van der Waals surface area contributed by atoms with E-state index >= 15 is 0 Å². The molecule has 0 fully saturated rings. The van der Waals surface area contributed by atoms with Crippen molar-refractivity contribution in [1.82, 2.24) is 9.78 Å². The van der Waals surface area contributed by atoms with Crippen molar-refractivity contribution in [2.45, 2.75) is 6.54 Å². The Hall–Kier alpha value is -3.88. The van der Waals surface area contributed by atoms with Gasteiger partial charge in [0.15, 0.2) is 11.5 Å². The number of nitrogens with one attached hydrogen (secondary N) is 1. The number of benzene rings is 2. The van der Waals surface area contributed by atoms with Crippen molar-refractivity contribution in [2.24, 2.45) is 0 Å². The van der Waals surface area contributed by atoms with Gasteiger partial charge in [-0.15, -0.1) is 0 Å². The molecule has 0 aliphatic heterocycles. The first-order valence-electron chi connectivity index (χ1n) is 8.57. The van der Waals surface area contributed by atoms with Crippen LogP contribution in [-0.2, 0) is 16.1 Å². The maximum Gasteiger partial charge on any atom is 0.337 e. The summed E-state index contributed by atoms with van der Waals surface area (Å²) in [6, 6.07) is 9.55. The fourth-order valence-corrected chi connectivity index (χ4v) is 2.84. The summed E-state index contributed by atoms with van der Waals surface area (Å²) in [5, 5.41) is 7.55. The number of carbonyl (C=O) groups is 2. The third-order valence-electron chi connectivity index (χ3n) is 4.25. The van der Waals surface area contributed by atoms with Crippen LogP contribution >= 0.6 is 0 Å². The van der Waals surface area contributed by atoms with E-state index in [-0.39, 0.29) is 17.7 Å². The number of esters is 1. The van der Waals surface area contributed by atoms with E-state index in [4.69, 9.17) is 9.47 Å². The third-order valence-corrected chi connectivity index (χ3v) is 4.25. The number of hydrogen-bond acceptors (Lipinski definition) is 7. The van der Waals surface area contributed by atoms with E-state index in [9.17, 15) is 14.4 Å². The van der Waals surface area contributed by atoms with Gasteiger partial charge in [-0.1, -0.05) is 0 Å². The molecule has 0 spiro atoms. The zero-order chi connectivity index (χ0) is 21.0. The van der Waals surface area contributed by atoms with Crippen molar-refractivity contribution >= 4 is 28.3 Å². The highest BCUT2D eigenvalue weighted by atomic mass is 16.5. The lowest BCUT2D eigenvalue weighted by Crippen LogP contribution is -2.29. The molecule has 1 heterocycles. The van der Waals surface area contributed by atoms with Gasteiger partial charge in [0.1, 0.15) is 6.54 Å². The molecule has 150 valence electrons. The zero-order valence-electron chi connectivity index (χ0n) is 16.1. The molecule has 3 aromatic rings. The molecule has 0 radical (unpaired) electrons. The van der Waals surface area contributed by atoms with E-state index in [1.807, 2.05) is 0 Å². The van der Waals surface area contributed by atoms with Crippen molar-refractivity contribution in [3.63, 3.8) is 0 Å². The number of ether oxygens (including phenoxy) is 3. The van der Waals surface area contributed by atoms with Crippen LogP contribution in [0.3, 0.4) is 0 Å². The molecule has 0 saturated carbocycles. The molecular weight excluding hydrogens is 378 g/mol. The second-order valence-corrected chi connectivity index (χ2v) is 5.99. The summed E-state index contributed by atoms with van der Waals surface area (Å²) in [7, 11) is 4.20. The molecule has 0 unspecified atom stereocenters. The second-order valence-electron chi connectivity index (χ2n) is 5.99. The van der Waals surface area contributed by atoms with Gasteiger partial charge in [0.25, 0.3) is 5.56 Å². The topological polar surface area (TPSA) is 109 Å². The molecule has 9 heteroatoms. The van der Waals surface area contributed by atoms with Gasteiger partial charge in [-0.3, -0.25) is 9.59 Å². The number of carbonyl (C=O) groups excluding carboxylic acids is 2. The Labute approximate surface area is 165 Å². The average Bonchev–Trinajstić information content (AvgIpc) is 2.74. The Balaban J connectivity index is 1.84. The van der Waals surface area contributed by atoms with Gasteiger partial charge in [-0.2, -0.15) is 5.10 Å². The van der Waals surface area contributed by atoms with E-state index in [2.05, 4.69) is 15.2 Å². The van der Waals surface area contributed by atoms with Gasteiger partial charge < -0.3 is 19.5 Å². The van der Waals surface area contributed by atoms with E-state index in [1.54, 1.807) is 24.3 Å². The molecule has 0 aliphatic rings. The third kappa shape index (κ3) is 4.03. The maximum atomic E-state index is 12.9. The van der Waals surface area contributed by atoms with Crippen LogP contribution in [-0.4, -0.2) is 43.0 Å². The van der Waals surface area contributed by atoms with Crippen LogP contribution in [0, 0.1) is 0 Å². The molecule has 3 rings (SSSR count). The Kier molecular flexibility index (Phi) is 5.77. The molecule has 1 amide bonds. The lowest BCUT2D eigenvalue weighted by molar-refractivity contribution is -0.117. The second kappa shape index (κ2) is 8.42. The summed E-state index contributed by atoms with van der Waals surface area (Å²) in [5.41, 5.74) is 0.351. The SMILES string of the molecule is COC(=O)c1ccc(NC(=O)Cn2ncc3ccc(OC)c(OC)c3c2=O)cc1. The van der Waals surface area contributed by atoms with Crippen LogP contribution in [0.5, 0.6) is 11.5 Å². The smallest absolute Gasteiger partial charge is 0.337 e. The minimum atomic E-state index is -0.477. The Morgan fingerprint density at radius 2 is 1.76 bits per heavy atom. The number of nitrogens with zero attached hydrogens (tertiary/aromatic N) is 2. The Bertz CT molecular complexity index is 1120. The van der Waals surface area contributed by atoms with Crippen LogP contribution in [0.4, 0.5) is 5.69 Å². The number of rotatable bonds is 6. The zero-order valence-corrected chi connectivity index (χ0v) is 16.1. The molecule has 0 atom stereocenters. The summed E-state index contributed by atoms with van der Waals surface area (Å²) in [6.45, 7) is -0.298. The van der Waals surface area contributed by atoms with E-state index in [0.29, 0.717) is 22.4 Å². The Morgan fingerprint density at radius 1 is 1.03 bits per heavy atom. The predicted molar refractivity (Wildman–Crippen MR) is 106 cm³/mol. The average molecular weight is 397 g/mol. The number of anilines is 1. The van der Waals surface area contributed by atoms with Crippen LogP contribution < -0.4 is 20.3 Å². The van der Waals surface area contributed by atoms with Gasteiger partial charge in [-0.05, 0) is 36.4 Å². The van der Waals surface area contributed by atoms with E-state index in [1.165, 1.54) is 39.7 Å². The summed E-state index contributed by atoms with van der Waals surface area (Å²) in [5.74, 6) is -0.235. The molecule has 0 bridgehead atoms. The van der Waals surface area contributed by atoms with Gasteiger partial charge in [0.2, 0.25) is 5.91 Å². The fourth-order valence-electron chi connectivity index (χ4n) is 2.84. The molecule has 1 N–H and O–H groups in total. The van der Waals surface area contributed by atoms with Crippen molar-refractivity contribution in [3.05, 3.63) is 58.5 Å². The predicted octanol–water partition coefficient (Wildman–Crippen LogP) is 1.84. The molecule has 1 aromatic heterocycles. The lowest BCUT2D eigenvalue weighted by Gasteiger charge is -2.12. The number of hydrogen-bond donors (Lipinski definition) is 1. The van der Waals surface area contributed by atoms with Gasteiger partial charge in [0, 0.05) is 11.1 Å². The summed E-state index contributed by atoms with van der Waals surface area (Å²) < 4.78 is 16.2. The molecule has 29 heavy (non-hydrogen) atoms. The molecular formula is C20H19N3O6. The minimum Gasteiger partial charge on any atom is -0.493 e. The van der Waals surface area contributed by atoms with Crippen LogP contribution in [0.15, 0.2) is 47.4 Å². The maximum absolute atomic E-state index is 12.9. The van der Waals surface area contributed by atoms with Crippen molar-refractivity contribution in [1.29, 1.82) is 0 Å². The molecule has 2 aromatic carbocycles. The molecule has 0 saturated heterocycles. The molecule has 9 nitrogen and oxygen atoms in total. The first-order chi connectivity index (χ1) is 14.0. The quantitative estimate of drug-likeness (QED) is 0.632.